The van der Waals surface area contributed by atoms with Gasteiger partial charge in [-0.05, 0) is 42.4 Å². The van der Waals surface area contributed by atoms with Gasteiger partial charge in [0.1, 0.15) is 5.82 Å². The molecule has 2 aromatic rings. The van der Waals surface area contributed by atoms with E-state index in [1.807, 2.05) is 12.1 Å². The van der Waals surface area contributed by atoms with Gasteiger partial charge < -0.3 is 10.2 Å². The zero-order chi connectivity index (χ0) is 22.3. The lowest BCUT2D eigenvalue weighted by Crippen LogP contribution is -2.43. The van der Waals surface area contributed by atoms with E-state index in [0.29, 0.717) is 6.54 Å². The molecule has 0 aliphatic carbocycles. The minimum absolute atomic E-state index is 0.0158. The molecule has 1 fully saturated rings. The maximum Gasteiger partial charge on any atom is 0.240 e. The van der Waals surface area contributed by atoms with Gasteiger partial charge in [-0.25, -0.2) is 17.5 Å². The van der Waals surface area contributed by atoms with E-state index < -0.39 is 15.8 Å². The predicted molar refractivity (Wildman–Crippen MR) is 117 cm³/mol. The third-order valence-corrected chi connectivity index (χ3v) is 6.76. The monoisotopic (exact) mass is 448 g/mol. The Kier molecular flexibility index (Phi) is 8.14. The Balaban J connectivity index is 1.38. The molecule has 2 aromatic carbocycles. The van der Waals surface area contributed by atoms with Crippen LogP contribution in [0.15, 0.2) is 53.4 Å². The first-order valence-corrected chi connectivity index (χ1v) is 11.8. The molecule has 0 saturated carbocycles. The van der Waals surface area contributed by atoms with E-state index >= 15 is 0 Å². The number of piperazine rings is 1. The number of hydrogen-bond acceptors (Lipinski definition) is 5. The van der Waals surface area contributed by atoms with Crippen LogP contribution in [0.4, 0.5) is 4.39 Å². The zero-order valence-electron chi connectivity index (χ0n) is 17.7. The van der Waals surface area contributed by atoms with Gasteiger partial charge in [0.25, 0.3) is 0 Å². The molecule has 0 radical (unpaired) electrons. The molecule has 7 nitrogen and oxygen atoms in total. The van der Waals surface area contributed by atoms with Gasteiger partial charge in [0.15, 0.2) is 0 Å². The average Bonchev–Trinajstić information content (AvgIpc) is 2.75. The Labute approximate surface area is 183 Å². The number of nitrogens with zero attached hydrogens (tertiary/aromatic N) is 2. The van der Waals surface area contributed by atoms with Crippen LogP contribution in [0.5, 0.6) is 0 Å². The summed E-state index contributed by atoms with van der Waals surface area (Å²) in [7, 11) is -1.62. The maximum atomic E-state index is 12.9. The number of carbonyl (C=O) groups excluding carboxylic acids is 1. The van der Waals surface area contributed by atoms with Crippen molar-refractivity contribution < 1.29 is 17.6 Å². The Morgan fingerprint density at radius 3 is 2.23 bits per heavy atom. The van der Waals surface area contributed by atoms with Crippen LogP contribution in [-0.4, -0.2) is 63.9 Å². The summed E-state index contributed by atoms with van der Waals surface area (Å²) >= 11 is 0. The SMILES string of the molecule is CN1CCN(Cc2ccc(CNC(=O)CCNS(=O)(=O)c3ccc(F)cc3)cc2)CC1. The van der Waals surface area contributed by atoms with Gasteiger partial charge in [-0.1, -0.05) is 24.3 Å². The molecule has 0 unspecified atom stereocenters. The second kappa shape index (κ2) is 10.8. The Morgan fingerprint density at radius 2 is 1.58 bits per heavy atom. The molecule has 2 N–H and O–H groups in total. The number of nitrogens with one attached hydrogen (secondary N) is 2. The van der Waals surface area contributed by atoms with Crippen LogP contribution in [0, 0.1) is 5.82 Å². The van der Waals surface area contributed by atoms with Crippen LogP contribution < -0.4 is 10.0 Å². The van der Waals surface area contributed by atoms with Gasteiger partial charge in [0, 0.05) is 52.2 Å². The van der Waals surface area contributed by atoms with E-state index in [0.717, 1.165) is 50.4 Å². The summed E-state index contributed by atoms with van der Waals surface area (Å²) < 4.78 is 39.5. The topological polar surface area (TPSA) is 81.8 Å². The molecule has 1 heterocycles. The number of likely N-dealkylation sites (N-methyl/N-ethyl adjacent to an activating group) is 1. The Morgan fingerprint density at radius 1 is 0.968 bits per heavy atom. The van der Waals surface area contributed by atoms with Crippen molar-refractivity contribution in [2.75, 3.05) is 39.8 Å². The molecular weight excluding hydrogens is 419 g/mol. The number of sulfonamides is 1. The molecule has 1 aliphatic heterocycles. The fraction of sp³-hybridized carbons (Fsp3) is 0.409. The van der Waals surface area contributed by atoms with Crippen molar-refractivity contribution in [3.63, 3.8) is 0 Å². The Bertz CT molecular complexity index is 957. The molecule has 31 heavy (non-hydrogen) atoms. The number of amides is 1. The summed E-state index contributed by atoms with van der Waals surface area (Å²) in [5.74, 6) is -0.756. The average molecular weight is 449 g/mol. The van der Waals surface area contributed by atoms with E-state index in [4.69, 9.17) is 0 Å². The van der Waals surface area contributed by atoms with Crippen molar-refractivity contribution in [1.29, 1.82) is 0 Å². The van der Waals surface area contributed by atoms with Gasteiger partial charge in [0.05, 0.1) is 4.90 Å². The molecule has 168 valence electrons. The van der Waals surface area contributed by atoms with Crippen LogP contribution in [0.3, 0.4) is 0 Å². The number of benzene rings is 2. The highest BCUT2D eigenvalue weighted by atomic mass is 32.2. The van der Waals surface area contributed by atoms with Crippen molar-refractivity contribution in [2.45, 2.75) is 24.4 Å². The predicted octanol–water partition coefficient (Wildman–Crippen LogP) is 1.56. The van der Waals surface area contributed by atoms with Gasteiger partial charge >= 0.3 is 0 Å². The molecule has 0 bridgehead atoms. The first kappa shape index (κ1) is 23.3. The van der Waals surface area contributed by atoms with Crippen molar-refractivity contribution >= 4 is 15.9 Å². The van der Waals surface area contributed by atoms with Crippen molar-refractivity contribution in [2.24, 2.45) is 0 Å². The van der Waals surface area contributed by atoms with Crippen molar-refractivity contribution in [1.82, 2.24) is 19.8 Å². The second-order valence-corrected chi connectivity index (χ2v) is 9.54. The standard InChI is InChI=1S/C22H29FN4O3S/c1-26-12-14-27(15-13-26)17-19-4-2-18(3-5-19)16-24-22(28)10-11-25-31(29,30)21-8-6-20(23)7-9-21/h2-9,25H,10-17H2,1H3,(H,24,28). The van der Waals surface area contributed by atoms with E-state index in [2.05, 4.69) is 39.0 Å². The second-order valence-electron chi connectivity index (χ2n) is 7.77. The van der Waals surface area contributed by atoms with Crippen molar-refractivity contribution in [3.8, 4) is 0 Å². The van der Waals surface area contributed by atoms with Gasteiger partial charge in [-0.3, -0.25) is 9.69 Å². The van der Waals surface area contributed by atoms with Gasteiger partial charge in [-0.2, -0.15) is 0 Å². The number of hydrogen-bond donors (Lipinski definition) is 2. The van der Waals surface area contributed by atoms with E-state index in [1.165, 1.54) is 17.7 Å². The molecule has 1 saturated heterocycles. The molecule has 1 amide bonds. The lowest BCUT2D eigenvalue weighted by molar-refractivity contribution is -0.121. The molecule has 0 atom stereocenters. The van der Waals surface area contributed by atoms with Crippen molar-refractivity contribution in [3.05, 3.63) is 65.5 Å². The molecule has 0 aromatic heterocycles. The van der Waals surface area contributed by atoms with Crippen LogP contribution in [0.25, 0.3) is 0 Å². The minimum Gasteiger partial charge on any atom is -0.352 e. The third kappa shape index (κ3) is 7.39. The summed E-state index contributed by atoms with van der Waals surface area (Å²) in [5, 5.41) is 2.80. The quantitative estimate of drug-likeness (QED) is 0.609. The summed E-state index contributed by atoms with van der Waals surface area (Å²) in [5.41, 5.74) is 2.23. The van der Waals surface area contributed by atoms with Crippen LogP contribution in [-0.2, 0) is 27.9 Å². The smallest absolute Gasteiger partial charge is 0.240 e. The number of carbonyl (C=O) groups is 1. The summed E-state index contributed by atoms with van der Waals surface area (Å²) in [6.07, 6.45) is 0.0158. The summed E-state index contributed by atoms with van der Waals surface area (Å²) in [6.45, 7) is 5.59. The lowest BCUT2D eigenvalue weighted by Gasteiger charge is -2.32. The first-order valence-electron chi connectivity index (χ1n) is 10.3. The lowest BCUT2D eigenvalue weighted by atomic mass is 10.1. The Hall–Kier alpha value is -2.33. The highest BCUT2D eigenvalue weighted by Gasteiger charge is 2.15. The van der Waals surface area contributed by atoms with Gasteiger partial charge in [0.2, 0.25) is 15.9 Å². The van der Waals surface area contributed by atoms with E-state index in [-0.39, 0.29) is 23.8 Å². The van der Waals surface area contributed by atoms with Gasteiger partial charge in [-0.15, -0.1) is 0 Å². The summed E-state index contributed by atoms with van der Waals surface area (Å²) in [6, 6.07) is 12.7. The molecule has 9 heteroatoms. The summed E-state index contributed by atoms with van der Waals surface area (Å²) in [4.78, 5) is 16.8. The van der Waals surface area contributed by atoms with Crippen LogP contribution in [0.1, 0.15) is 17.5 Å². The molecule has 3 rings (SSSR count). The van der Waals surface area contributed by atoms with E-state index in [1.54, 1.807) is 0 Å². The highest BCUT2D eigenvalue weighted by Crippen LogP contribution is 2.11. The zero-order valence-corrected chi connectivity index (χ0v) is 18.5. The molecular formula is C22H29FN4O3S. The molecule has 1 aliphatic rings. The maximum absolute atomic E-state index is 12.9. The highest BCUT2D eigenvalue weighted by molar-refractivity contribution is 7.89. The fourth-order valence-corrected chi connectivity index (χ4v) is 4.34. The van der Waals surface area contributed by atoms with E-state index in [9.17, 15) is 17.6 Å². The number of halogens is 1. The van der Waals surface area contributed by atoms with Crippen LogP contribution >= 0.6 is 0 Å². The van der Waals surface area contributed by atoms with Crippen LogP contribution in [0.2, 0.25) is 0 Å². The number of rotatable bonds is 9. The largest absolute Gasteiger partial charge is 0.352 e. The first-order chi connectivity index (χ1) is 14.8. The fourth-order valence-electron chi connectivity index (χ4n) is 3.31. The minimum atomic E-state index is -3.76. The molecule has 0 spiro atoms. The normalized spacial score (nSPS) is 15.7. The third-order valence-electron chi connectivity index (χ3n) is 5.28.